The number of aliphatic hydroxyl groups excluding tert-OH is 2. The first kappa shape index (κ1) is 14.0. The Morgan fingerprint density at radius 2 is 2.16 bits per heavy atom. The molecule has 1 aromatic rings. The lowest BCUT2D eigenvalue weighted by atomic mass is 9.88. The van der Waals surface area contributed by atoms with Crippen LogP contribution < -0.4 is 11.2 Å². The Hall–Kier alpha value is -1.44. The second-order valence-corrected chi connectivity index (χ2v) is 5.08. The molecule has 2 heterocycles. The quantitative estimate of drug-likeness (QED) is 0.657. The Labute approximate surface area is 109 Å². The number of hydrogen-bond donors (Lipinski definition) is 3. The summed E-state index contributed by atoms with van der Waals surface area (Å²) in [4.78, 5) is 25.0. The van der Waals surface area contributed by atoms with E-state index in [4.69, 9.17) is 4.74 Å². The average Bonchev–Trinajstić information content (AvgIpc) is 2.66. The van der Waals surface area contributed by atoms with Gasteiger partial charge in [-0.15, -0.1) is 0 Å². The first-order chi connectivity index (χ1) is 8.95. The zero-order valence-corrected chi connectivity index (χ0v) is 10.8. The minimum absolute atomic E-state index is 0.0513. The maximum atomic E-state index is 11.8. The Kier molecular flexibility index (Phi) is 3.88. The van der Waals surface area contributed by atoms with Crippen molar-refractivity contribution in [1.29, 1.82) is 0 Å². The van der Waals surface area contributed by atoms with E-state index < -0.39 is 29.7 Å². The van der Waals surface area contributed by atoms with Gasteiger partial charge in [0.15, 0.2) is 0 Å². The molecule has 0 unspecified atom stereocenters. The van der Waals surface area contributed by atoms with Crippen molar-refractivity contribution in [3.63, 3.8) is 0 Å². The highest BCUT2D eigenvalue weighted by Crippen LogP contribution is 2.38. The lowest BCUT2D eigenvalue weighted by molar-refractivity contribution is -0.0494. The van der Waals surface area contributed by atoms with Crippen LogP contribution in [0.5, 0.6) is 0 Å². The molecule has 0 saturated carbocycles. The molecule has 7 nitrogen and oxygen atoms in total. The molecule has 106 valence electrons. The van der Waals surface area contributed by atoms with Crippen LogP contribution in [0.2, 0.25) is 0 Å². The van der Waals surface area contributed by atoms with Crippen molar-refractivity contribution >= 4 is 0 Å². The fourth-order valence-electron chi connectivity index (χ4n) is 2.52. The predicted molar refractivity (Wildman–Crippen MR) is 66.7 cm³/mol. The standard InChI is InChI=1S/C12H18N2O5/c1-6(2)9-10(17)7(5-15)19-11(9)14-4-3-8(16)13-12(14)18/h3-4,6-7,9-11,15,17H,5H2,1-2H3,(H,13,16,18)/t7-,9+,10-,11-/m1/s1. The van der Waals surface area contributed by atoms with Gasteiger partial charge in [0.2, 0.25) is 0 Å². The van der Waals surface area contributed by atoms with Gasteiger partial charge in [-0.3, -0.25) is 14.3 Å². The fourth-order valence-corrected chi connectivity index (χ4v) is 2.52. The number of H-pyrrole nitrogens is 1. The van der Waals surface area contributed by atoms with E-state index in [1.807, 2.05) is 13.8 Å². The van der Waals surface area contributed by atoms with Crippen LogP contribution in [0.4, 0.5) is 0 Å². The molecule has 0 spiro atoms. The van der Waals surface area contributed by atoms with Crippen molar-refractivity contribution in [3.05, 3.63) is 33.1 Å². The van der Waals surface area contributed by atoms with Gasteiger partial charge < -0.3 is 14.9 Å². The maximum Gasteiger partial charge on any atom is 0.330 e. The molecule has 19 heavy (non-hydrogen) atoms. The lowest BCUT2D eigenvalue weighted by Crippen LogP contribution is -2.36. The molecule has 7 heteroatoms. The Morgan fingerprint density at radius 1 is 1.47 bits per heavy atom. The van der Waals surface area contributed by atoms with Crippen molar-refractivity contribution < 1.29 is 14.9 Å². The van der Waals surface area contributed by atoms with Gasteiger partial charge >= 0.3 is 5.69 Å². The number of aromatic nitrogens is 2. The second kappa shape index (κ2) is 5.28. The number of nitrogens with zero attached hydrogens (tertiary/aromatic N) is 1. The minimum Gasteiger partial charge on any atom is -0.394 e. The molecule has 1 aromatic heterocycles. The summed E-state index contributed by atoms with van der Waals surface area (Å²) in [5.74, 6) is -0.281. The van der Waals surface area contributed by atoms with Crippen LogP contribution in [-0.4, -0.2) is 38.6 Å². The SMILES string of the molecule is CC(C)[C@H]1[C@H](O)[C@@H](CO)O[C@H]1n1ccc(=O)[nH]c1=O. The van der Waals surface area contributed by atoms with E-state index in [1.54, 1.807) is 0 Å². The van der Waals surface area contributed by atoms with E-state index in [2.05, 4.69) is 4.98 Å². The number of aliphatic hydroxyl groups is 2. The molecule has 1 saturated heterocycles. The molecule has 1 aliphatic rings. The monoisotopic (exact) mass is 270 g/mol. The van der Waals surface area contributed by atoms with E-state index >= 15 is 0 Å². The number of nitrogens with one attached hydrogen (secondary N) is 1. The summed E-state index contributed by atoms with van der Waals surface area (Å²) in [6.07, 6.45) is -0.935. The van der Waals surface area contributed by atoms with E-state index in [0.717, 1.165) is 0 Å². The van der Waals surface area contributed by atoms with Crippen LogP contribution >= 0.6 is 0 Å². The molecule has 0 aliphatic carbocycles. The zero-order chi connectivity index (χ0) is 14.2. The number of ether oxygens (including phenoxy) is 1. The van der Waals surface area contributed by atoms with Crippen LogP contribution in [0.1, 0.15) is 20.1 Å². The van der Waals surface area contributed by atoms with Crippen LogP contribution in [0.3, 0.4) is 0 Å². The summed E-state index contributed by atoms with van der Waals surface area (Å²) in [7, 11) is 0. The molecular formula is C12H18N2O5. The molecule has 1 fully saturated rings. The summed E-state index contributed by atoms with van der Waals surface area (Å²) >= 11 is 0. The minimum atomic E-state index is -0.853. The zero-order valence-electron chi connectivity index (χ0n) is 10.8. The molecular weight excluding hydrogens is 252 g/mol. The first-order valence-electron chi connectivity index (χ1n) is 6.21. The van der Waals surface area contributed by atoms with Crippen molar-refractivity contribution in [1.82, 2.24) is 9.55 Å². The van der Waals surface area contributed by atoms with Gasteiger partial charge in [0.25, 0.3) is 5.56 Å². The second-order valence-electron chi connectivity index (χ2n) is 5.08. The number of rotatable bonds is 3. The van der Waals surface area contributed by atoms with E-state index in [-0.39, 0.29) is 18.4 Å². The largest absolute Gasteiger partial charge is 0.394 e. The van der Waals surface area contributed by atoms with Gasteiger partial charge in [-0.2, -0.15) is 0 Å². The van der Waals surface area contributed by atoms with Gasteiger partial charge in [0.05, 0.1) is 12.7 Å². The number of aromatic amines is 1. The van der Waals surface area contributed by atoms with Crippen molar-refractivity contribution in [2.75, 3.05) is 6.61 Å². The van der Waals surface area contributed by atoms with Crippen LogP contribution in [-0.2, 0) is 4.74 Å². The van der Waals surface area contributed by atoms with Gasteiger partial charge in [-0.1, -0.05) is 13.8 Å². The molecule has 3 N–H and O–H groups in total. The van der Waals surface area contributed by atoms with E-state index in [0.29, 0.717) is 0 Å². The van der Waals surface area contributed by atoms with Crippen LogP contribution in [0.25, 0.3) is 0 Å². The third-order valence-corrected chi connectivity index (χ3v) is 3.49. The summed E-state index contributed by atoms with van der Waals surface area (Å²) in [5.41, 5.74) is -1.08. The topological polar surface area (TPSA) is 105 Å². The summed E-state index contributed by atoms with van der Waals surface area (Å²) in [6.45, 7) is 3.49. The normalized spacial score (nSPS) is 31.0. The molecule has 1 aliphatic heterocycles. The Morgan fingerprint density at radius 3 is 2.68 bits per heavy atom. The summed E-state index contributed by atoms with van der Waals surface area (Å²) in [6, 6.07) is 1.22. The molecule has 4 atom stereocenters. The van der Waals surface area contributed by atoms with Crippen LogP contribution in [0, 0.1) is 11.8 Å². The predicted octanol–water partition coefficient (Wildman–Crippen LogP) is -0.941. The molecule has 0 aromatic carbocycles. The molecule has 0 radical (unpaired) electrons. The van der Waals surface area contributed by atoms with Crippen molar-refractivity contribution in [3.8, 4) is 0 Å². The molecule has 0 bridgehead atoms. The highest BCUT2D eigenvalue weighted by molar-refractivity contribution is 4.93. The highest BCUT2D eigenvalue weighted by atomic mass is 16.5. The summed E-state index contributed by atoms with van der Waals surface area (Å²) < 4.78 is 6.79. The van der Waals surface area contributed by atoms with Gasteiger partial charge in [0, 0.05) is 18.2 Å². The Balaban J connectivity index is 2.42. The van der Waals surface area contributed by atoms with Crippen LogP contribution in [0.15, 0.2) is 21.9 Å². The van der Waals surface area contributed by atoms with Gasteiger partial charge in [-0.25, -0.2) is 4.79 Å². The molecule has 2 rings (SSSR count). The Bertz CT molecular complexity index is 550. The summed E-state index contributed by atoms with van der Waals surface area (Å²) in [5, 5.41) is 19.3. The van der Waals surface area contributed by atoms with E-state index in [1.165, 1.54) is 16.8 Å². The average molecular weight is 270 g/mol. The number of hydrogen-bond acceptors (Lipinski definition) is 5. The third-order valence-electron chi connectivity index (χ3n) is 3.49. The highest BCUT2D eigenvalue weighted by Gasteiger charge is 2.45. The van der Waals surface area contributed by atoms with E-state index in [9.17, 15) is 19.8 Å². The van der Waals surface area contributed by atoms with Crippen molar-refractivity contribution in [2.24, 2.45) is 11.8 Å². The third kappa shape index (κ3) is 2.49. The first-order valence-corrected chi connectivity index (χ1v) is 6.21. The molecule has 0 amide bonds. The van der Waals surface area contributed by atoms with Gasteiger partial charge in [0.1, 0.15) is 12.3 Å². The maximum absolute atomic E-state index is 11.8. The smallest absolute Gasteiger partial charge is 0.330 e. The lowest BCUT2D eigenvalue weighted by Gasteiger charge is -2.24. The fraction of sp³-hybridized carbons (Fsp3) is 0.667. The van der Waals surface area contributed by atoms with Crippen molar-refractivity contribution in [2.45, 2.75) is 32.3 Å². The van der Waals surface area contributed by atoms with Gasteiger partial charge in [-0.05, 0) is 5.92 Å².